The van der Waals surface area contributed by atoms with Gasteiger partial charge in [-0.25, -0.2) is 0 Å². The Kier molecular flexibility index (Phi) is 1.83. The molecule has 0 aromatic rings. The van der Waals surface area contributed by atoms with Gasteiger partial charge >= 0.3 is 0 Å². The molecule has 3 heteroatoms. The van der Waals surface area contributed by atoms with Gasteiger partial charge in [-0.05, 0) is 12.8 Å². The van der Waals surface area contributed by atoms with Crippen molar-refractivity contribution in [2.45, 2.75) is 25.1 Å². The number of hydrogen-bond donors (Lipinski definition) is 3. The van der Waals surface area contributed by atoms with E-state index < -0.39 is 0 Å². The first-order chi connectivity index (χ1) is 3.83. The fourth-order valence-electron chi connectivity index (χ4n) is 0.984. The summed E-state index contributed by atoms with van der Waals surface area (Å²) in [4.78, 5) is 0. The zero-order chi connectivity index (χ0) is 5.98. The summed E-state index contributed by atoms with van der Waals surface area (Å²) >= 11 is 0. The average molecular weight is 116 g/mol. The van der Waals surface area contributed by atoms with Gasteiger partial charge in [0.2, 0.25) is 0 Å². The Labute approximate surface area is 48.9 Å². The maximum atomic E-state index is 8.86. The molecular weight excluding hydrogens is 104 g/mol. The van der Waals surface area contributed by atoms with Gasteiger partial charge in [0.05, 0.1) is 0 Å². The van der Waals surface area contributed by atoms with Gasteiger partial charge in [-0.15, -0.1) is 0 Å². The van der Waals surface area contributed by atoms with Crippen molar-refractivity contribution in [1.29, 1.82) is 0 Å². The van der Waals surface area contributed by atoms with Crippen LogP contribution in [0.5, 0.6) is 0 Å². The molecule has 1 rings (SSSR count). The van der Waals surface area contributed by atoms with E-state index in [1.54, 1.807) is 0 Å². The van der Waals surface area contributed by atoms with Crippen LogP contribution in [-0.2, 0) is 0 Å². The van der Waals surface area contributed by atoms with Gasteiger partial charge in [0, 0.05) is 12.6 Å². The van der Waals surface area contributed by atoms with Crippen LogP contribution in [0, 0.1) is 0 Å². The van der Waals surface area contributed by atoms with Crippen LogP contribution in [0.25, 0.3) is 0 Å². The van der Waals surface area contributed by atoms with Gasteiger partial charge in [-0.2, -0.15) is 0 Å². The molecule has 1 aliphatic rings. The third-order valence-electron chi connectivity index (χ3n) is 1.50. The monoisotopic (exact) mass is 116 g/mol. The highest BCUT2D eigenvalue weighted by Crippen LogP contribution is 2.07. The minimum atomic E-state index is -0.302. The van der Waals surface area contributed by atoms with E-state index in [9.17, 15) is 0 Å². The molecular formula is C5H12N2O. The van der Waals surface area contributed by atoms with E-state index in [1.807, 2.05) is 0 Å². The molecule has 0 radical (unpaired) electrons. The van der Waals surface area contributed by atoms with Crippen LogP contribution in [0.4, 0.5) is 0 Å². The summed E-state index contributed by atoms with van der Waals surface area (Å²) < 4.78 is 0. The Morgan fingerprint density at radius 3 is 2.62 bits per heavy atom. The van der Waals surface area contributed by atoms with Crippen molar-refractivity contribution in [1.82, 2.24) is 5.32 Å². The predicted octanol–water partition coefficient (Wildman–Crippen LogP) is -0.985. The molecule has 8 heavy (non-hydrogen) atoms. The predicted molar refractivity (Wildman–Crippen MR) is 31.2 cm³/mol. The number of aliphatic hydroxyl groups is 1. The van der Waals surface area contributed by atoms with Crippen molar-refractivity contribution in [3.05, 3.63) is 0 Å². The fraction of sp³-hybridized carbons (Fsp3) is 1.00. The Morgan fingerprint density at radius 2 is 2.38 bits per heavy atom. The third kappa shape index (κ3) is 1.18. The summed E-state index contributed by atoms with van der Waals surface area (Å²) in [6.45, 7) is 0.636. The SMILES string of the molecule is NC[C@@H]1CCC(O)N1. The second kappa shape index (κ2) is 2.44. The van der Waals surface area contributed by atoms with E-state index in [0.717, 1.165) is 12.8 Å². The number of aliphatic hydroxyl groups excluding tert-OH is 1. The third-order valence-corrected chi connectivity index (χ3v) is 1.50. The minimum Gasteiger partial charge on any atom is -0.379 e. The van der Waals surface area contributed by atoms with Gasteiger partial charge < -0.3 is 10.8 Å². The van der Waals surface area contributed by atoms with E-state index in [4.69, 9.17) is 10.8 Å². The molecule has 0 spiro atoms. The average Bonchev–Trinajstić information content (AvgIpc) is 2.14. The fourth-order valence-corrected chi connectivity index (χ4v) is 0.984. The maximum Gasteiger partial charge on any atom is 0.105 e. The lowest BCUT2D eigenvalue weighted by Crippen LogP contribution is -2.34. The molecule has 0 bridgehead atoms. The van der Waals surface area contributed by atoms with Crippen molar-refractivity contribution >= 4 is 0 Å². The highest BCUT2D eigenvalue weighted by Gasteiger charge is 2.19. The smallest absolute Gasteiger partial charge is 0.105 e. The Bertz CT molecular complexity index is 76.8. The first kappa shape index (κ1) is 6.01. The van der Waals surface area contributed by atoms with Gasteiger partial charge in [0.1, 0.15) is 6.23 Å². The van der Waals surface area contributed by atoms with Gasteiger partial charge in [0.25, 0.3) is 0 Å². The molecule has 0 amide bonds. The van der Waals surface area contributed by atoms with Crippen molar-refractivity contribution in [2.24, 2.45) is 5.73 Å². The van der Waals surface area contributed by atoms with Crippen LogP contribution in [0.2, 0.25) is 0 Å². The highest BCUT2D eigenvalue weighted by atomic mass is 16.3. The lowest BCUT2D eigenvalue weighted by molar-refractivity contribution is 0.155. The summed E-state index contributed by atoms with van der Waals surface area (Å²) in [5, 5.41) is 11.8. The van der Waals surface area contributed by atoms with Crippen LogP contribution >= 0.6 is 0 Å². The number of nitrogens with one attached hydrogen (secondary N) is 1. The largest absolute Gasteiger partial charge is 0.379 e. The van der Waals surface area contributed by atoms with E-state index >= 15 is 0 Å². The standard InChI is InChI=1S/C5H12N2O/c6-3-4-1-2-5(8)7-4/h4-5,7-8H,1-3,6H2/t4-,5?/m0/s1. The van der Waals surface area contributed by atoms with E-state index in [0.29, 0.717) is 12.6 Å². The molecule has 4 N–H and O–H groups in total. The maximum absolute atomic E-state index is 8.86. The molecule has 1 saturated heterocycles. The van der Waals surface area contributed by atoms with Crippen LogP contribution in [0.1, 0.15) is 12.8 Å². The minimum absolute atomic E-state index is 0.302. The lowest BCUT2D eigenvalue weighted by atomic mass is 10.2. The van der Waals surface area contributed by atoms with Crippen molar-refractivity contribution < 1.29 is 5.11 Å². The molecule has 0 aliphatic carbocycles. The molecule has 0 saturated carbocycles. The molecule has 0 aromatic heterocycles. The van der Waals surface area contributed by atoms with Gasteiger partial charge in [0.15, 0.2) is 0 Å². The van der Waals surface area contributed by atoms with Crippen molar-refractivity contribution in [2.75, 3.05) is 6.54 Å². The summed E-state index contributed by atoms with van der Waals surface area (Å²) in [6.07, 6.45) is 1.56. The van der Waals surface area contributed by atoms with Crippen LogP contribution in [-0.4, -0.2) is 23.9 Å². The van der Waals surface area contributed by atoms with E-state index in [-0.39, 0.29) is 6.23 Å². The lowest BCUT2D eigenvalue weighted by Gasteiger charge is -2.05. The van der Waals surface area contributed by atoms with Crippen molar-refractivity contribution in [3.8, 4) is 0 Å². The van der Waals surface area contributed by atoms with Crippen LogP contribution in [0.3, 0.4) is 0 Å². The molecule has 1 aliphatic heterocycles. The Balaban J connectivity index is 2.22. The van der Waals surface area contributed by atoms with Gasteiger partial charge in [-0.3, -0.25) is 5.32 Å². The Hall–Kier alpha value is -0.120. The number of rotatable bonds is 1. The molecule has 1 heterocycles. The molecule has 48 valence electrons. The number of hydrogen-bond acceptors (Lipinski definition) is 3. The van der Waals surface area contributed by atoms with E-state index in [1.165, 1.54) is 0 Å². The molecule has 0 aromatic carbocycles. The van der Waals surface area contributed by atoms with E-state index in [2.05, 4.69) is 5.32 Å². The summed E-state index contributed by atoms with van der Waals surface area (Å²) in [6, 6.07) is 0.352. The molecule has 2 atom stereocenters. The topological polar surface area (TPSA) is 58.3 Å². The first-order valence-corrected chi connectivity index (χ1v) is 2.97. The first-order valence-electron chi connectivity index (χ1n) is 2.97. The molecule has 1 fully saturated rings. The van der Waals surface area contributed by atoms with Crippen molar-refractivity contribution in [3.63, 3.8) is 0 Å². The summed E-state index contributed by atoms with van der Waals surface area (Å²) in [7, 11) is 0. The summed E-state index contributed by atoms with van der Waals surface area (Å²) in [5.41, 5.74) is 5.32. The normalized spacial score (nSPS) is 38.2. The zero-order valence-corrected chi connectivity index (χ0v) is 4.80. The summed E-state index contributed by atoms with van der Waals surface area (Å²) in [5.74, 6) is 0. The van der Waals surface area contributed by atoms with Crippen LogP contribution in [0.15, 0.2) is 0 Å². The quantitative estimate of drug-likeness (QED) is 0.412. The molecule has 1 unspecified atom stereocenters. The molecule has 3 nitrogen and oxygen atoms in total. The van der Waals surface area contributed by atoms with Crippen LogP contribution < -0.4 is 11.1 Å². The second-order valence-electron chi connectivity index (χ2n) is 2.19. The second-order valence-corrected chi connectivity index (χ2v) is 2.19. The highest BCUT2D eigenvalue weighted by molar-refractivity contribution is 4.77. The van der Waals surface area contributed by atoms with Gasteiger partial charge in [-0.1, -0.05) is 0 Å². The number of nitrogens with two attached hydrogens (primary N) is 1. The Morgan fingerprint density at radius 1 is 1.62 bits per heavy atom. The zero-order valence-electron chi connectivity index (χ0n) is 4.80.